The number of carbonyl (C=O) groups is 1. The van der Waals surface area contributed by atoms with Gasteiger partial charge in [-0.15, -0.1) is 0 Å². The quantitative estimate of drug-likeness (QED) is 0.523. The maximum Gasteiger partial charge on any atom is 0.330 e. The summed E-state index contributed by atoms with van der Waals surface area (Å²) in [6.45, 7) is 4.94. The highest BCUT2D eigenvalue weighted by Gasteiger charge is 2.26. The normalized spacial score (nSPS) is 15.1. The molecule has 182 valence electrons. The molecule has 0 unspecified atom stereocenters. The molecule has 0 saturated carbocycles. The van der Waals surface area contributed by atoms with Crippen molar-refractivity contribution in [2.75, 3.05) is 13.1 Å². The smallest absolute Gasteiger partial charge is 0.330 e. The van der Waals surface area contributed by atoms with Crippen LogP contribution in [-0.2, 0) is 31.5 Å². The number of aryl methyl sites for hydroxylation is 2. The maximum absolute atomic E-state index is 13.0. The van der Waals surface area contributed by atoms with Crippen molar-refractivity contribution < 1.29 is 9.18 Å². The Labute approximate surface area is 196 Å². The molecule has 1 aromatic carbocycles. The minimum Gasteiger partial charge on any atom is -0.352 e. The van der Waals surface area contributed by atoms with Crippen LogP contribution in [0.5, 0.6) is 0 Å². The van der Waals surface area contributed by atoms with Crippen LogP contribution in [0.2, 0.25) is 0 Å². The lowest BCUT2D eigenvalue weighted by atomic mass is 9.96. The van der Waals surface area contributed by atoms with Crippen molar-refractivity contribution in [1.82, 2.24) is 29.3 Å². The van der Waals surface area contributed by atoms with Crippen molar-refractivity contribution in [2.45, 2.75) is 52.2 Å². The molecule has 9 nitrogen and oxygen atoms in total. The number of aromatic amines is 1. The van der Waals surface area contributed by atoms with E-state index in [9.17, 15) is 18.8 Å². The first-order valence-electron chi connectivity index (χ1n) is 11.8. The largest absolute Gasteiger partial charge is 0.352 e. The van der Waals surface area contributed by atoms with Gasteiger partial charge in [0.25, 0.3) is 5.56 Å². The Balaban J connectivity index is 1.38. The van der Waals surface area contributed by atoms with Crippen molar-refractivity contribution >= 4 is 17.1 Å². The molecule has 2 aromatic heterocycles. The number of rotatable bonds is 8. The lowest BCUT2D eigenvalue weighted by Gasteiger charge is -2.30. The molecule has 1 aliphatic heterocycles. The zero-order valence-corrected chi connectivity index (χ0v) is 19.6. The molecular formula is C24H31FN6O3. The molecule has 3 heterocycles. The van der Waals surface area contributed by atoms with Crippen LogP contribution >= 0.6 is 0 Å². The van der Waals surface area contributed by atoms with Crippen LogP contribution in [0.25, 0.3) is 11.2 Å². The van der Waals surface area contributed by atoms with E-state index in [1.54, 1.807) is 28.3 Å². The number of likely N-dealkylation sites (tertiary alicyclic amines) is 1. The van der Waals surface area contributed by atoms with Gasteiger partial charge in [0.15, 0.2) is 11.2 Å². The molecule has 0 bridgehead atoms. The summed E-state index contributed by atoms with van der Waals surface area (Å²) in [4.78, 5) is 46.6. The van der Waals surface area contributed by atoms with Crippen molar-refractivity contribution in [2.24, 2.45) is 13.0 Å². The third-order valence-corrected chi connectivity index (χ3v) is 6.54. The van der Waals surface area contributed by atoms with Gasteiger partial charge in [0.05, 0.1) is 6.54 Å². The first kappa shape index (κ1) is 23.9. The van der Waals surface area contributed by atoms with E-state index >= 15 is 0 Å². The van der Waals surface area contributed by atoms with Gasteiger partial charge in [0, 0.05) is 26.1 Å². The van der Waals surface area contributed by atoms with E-state index in [0.717, 1.165) is 50.2 Å². The van der Waals surface area contributed by atoms with Crippen LogP contribution in [-0.4, -0.2) is 43.0 Å². The number of amides is 1. The van der Waals surface area contributed by atoms with E-state index in [0.29, 0.717) is 30.8 Å². The lowest BCUT2D eigenvalue weighted by Crippen LogP contribution is -2.40. The highest BCUT2D eigenvalue weighted by Crippen LogP contribution is 2.20. The van der Waals surface area contributed by atoms with E-state index < -0.39 is 11.2 Å². The van der Waals surface area contributed by atoms with Gasteiger partial charge in [-0.25, -0.2) is 14.2 Å². The molecule has 10 heteroatoms. The Kier molecular flexibility index (Phi) is 7.26. The standard InChI is InChI=1S/C24H31FN6O3/c1-3-4-11-31-21-20(23(33)28-24(31)34)29(2)19(27-21)15-30-12-9-17(10-13-30)22(32)26-14-16-5-7-18(25)8-6-16/h5-8,17H,3-4,9-15H2,1-2H3,(H,26,32)(H,28,33,34). The zero-order valence-electron chi connectivity index (χ0n) is 19.6. The number of carbonyl (C=O) groups excluding carboxylic acids is 1. The predicted octanol–water partition coefficient (Wildman–Crippen LogP) is 1.89. The van der Waals surface area contributed by atoms with Crippen LogP contribution in [0.15, 0.2) is 33.9 Å². The van der Waals surface area contributed by atoms with Crippen LogP contribution in [0.1, 0.15) is 44.0 Å². The Hall–Kier alpha value is -3.27. The van der Waals surface area contributed by atoms with Gasteiger partial charge in [0.1, 0.15) is 11.6 Å². The van der Waals surface area contributed by atoms with Gasteiger partial charge in [-0.05, 0) is 50.0 Å². The van der Waals surface area contributed by atoms with Gasteiger partial charge in [0.2, 0.25) is 5.91 Å². The second-order valence-electron chi connectivity index (χ2n) is 8.92. The molecule has 34 heavy (non-hydrogen) atoms. The first-order chi connectivity index (χ1) is 16.4. The number of unbranched alkanes of at least 4 members (excludes halogenated alkanes) is 1. The summed E-state index contributed by atoms with van der Waals surface area (Å²) in [6.07, 6.45) is 3.20. The second kappa shape index (κ2) is 10.3. The number of nitrogens with one attached hydrogen (secondary N) is 2. The highest BCUT2D eigenvalue weighted by molar-refractivity contribution is 5.78. The predicted molar refractivity (Wildman–Crippen MR) is 127 cm³/mol. The summed E-state index contributed by atoms with van der Waals surface area (Å²) in [5, 5.41) is 2.95. The molecule has 2 N–H and O–H groups in total. The first-order valence-corrected chi connectivity index (χ1v) is 11.8. The van der Waals surface area contributed by atoms with Crippen molar-refractivity contribution in [3.8, 4) is 0 Å². The zero-order chi connectivity index (χ0) is 24.2. The van der Waals surface area contributed by atoms with Gasteiger partial charge < -0.3 is 9.88 Å². The summed E-state index contributed by atoms with van der Waals surface area (Å²) in [5.41, 5.74) is 0.838. The van der Waals surface area contributed by atoms with Gasteiger partial charge in [-0.2, -0.15) is 0 Å². The minimum atomic E-state index is -0.428. The molecule has 1 saturated heterocycles. The maximum atomic E-state index is 13.0. The van der Waals surface area contributed by atoms with E-state index in [-0.39, 0.29) is 17.6 Å². The molecule has 3 aromatic rings. The molecular weight excluding hydrogens is 439 g/mol. The molecule has 0 atom stereocenters. The van der Waals surface area contributed by atoms with Crippen LogP contribution in [0.4, 0.5) is 4.39 Å². The average molecular weight is 471 g/mol. The summed E-state index contributed by atoms with van der Waals surface area (Å²) in [5.74, 6) is 0.366. The molecule has 0 spiro atoms. The molecule has 1 amide bonds. The number of piperidine rings is 1. The SMILES string of the molecule is CCCCn1c(=O)[nH]c(=O)c2c1nc(CN1CCC(C(=O)NCc3ccc(F)cc3)CC1)n2C. The molecule has 0 aliphatic carbocycles. The number of fused-ring (bicyclic) bond motifs is 1. The van der Waals surface area contributed by atoms with Crippen LogP contribution < -0.4 is 16.6 Å². The number of aromatic nitrogens is 4. The Morgan fingerprint density at radius 3 is 2.59 bits per heavy atom. The number of nitrogens with zero attached hydrogens (tertiary/aromatic N) is 4. The molecule has 1 aliphatic rings. The van der Waals surface area contributed by atoms with Gasteiger partial charge >= 0.3 is 5.69 Å². The Bertz CT molecular complexity index is 1270. The van der Waals surface area contributed by atoms with Crippen molar-refractivity contribution in [1.29, 1.82) is 0 Å². The number of benzene rings is 1. The molecule has 0 radical (unpaired) electrons. The fourth-order valence-corrected chi connectivity index (χ4v) is 4.45. The third-order valence-electron chi connectivity index (χ3n) is 6.54. The Morgan fingerprint density at radius 1 is 1.21 bits per heavy atom. The van der Waals surface area contributed by atoms with Crippen molar-refractivity contribution in [3.63, 3.8) is 0 Å². The number of imidazole rings is 1. The number of H-pyrrole nitrogens is 1. The highest BCUT2D eigenvalue weighted by atomic mass is 19.1. The van der Waals surface area contributed by atoms with E-state index in [4.69, 9.17) is 0 Å². The molecule has 4 rings (SSSR count). The van der Waals surface area contributed by atoms with Crippen LogP contribution in [0.3, 0.4) is 0 Å². The number of hydrogen-bond donors (Lipinski definition) is 2. The lowest BCUT2D eigenvalue weighted by molar-refractivity contribution is -0.126. The fourth-order valence-electron chi connectivity index (χ4n) is 4.45. The van der Waals surface area contributed by atoms with E-state index in [1.165, 1.54) is 12.1 Å². The second-order valence-corrected chi connectivity index (χ2v) is 8.92. The fraction of sp³-hybridized carbons (Fsp3) is 0.500. The van der Waals surface area contributed by atoms with Gasteiger partial charge in [-0.3, -0.25) is 24.0 Å². The minimum absolute atomic E-state index is 0.0122. The summed E-state index contributed by atoms with van der Waals surface area (Å²) in [6, 6.07) is 6.11. The molecule has 1 fully saturated rings. The summed E-state index contributed by atoms with van der Waals surface area (Å²) >= 11 is 0. The van der Waals surface area contributed by atoms with Gasteiger partial charge in [-0.1, -0.05) is 25.5 Å². The average Bonchev–Trinajstić information content (AvgIpc) is 3.15. The van der Waals surface area contributed by atoms with E-state index in [1.807, 2.05) is 6.92 Å². The van der Waals surface area contributed by atoms with Crippen LogP contribution in [0, 0.1) is 11.7 Å². The summed E-state index contributed by atoms with van der Waals surface area (Å²) in [7, 11) is 1.80. The Morgan fingerprint density at radius 2 is 1.91 bits per heavy atom. The summed E-state index contributed by atoms with van der Waals surface area (Å²) < 4.78 is 16.3. The third kappa shape index (κ3) is 5.11. The van der Waals surface area contributed by atoms with E-state index in [2.05, 4.69) is 20.2 Å². The number of hydrogen-bond acceptors (Lipinski definition) is 5. The number of halogens is 1. The monoisotopic (exact) mass is 470 g/mol. The topological polar surface area (TPSA) is 105 Å². The van der Waals surface area contributed by atoms with Crippen molar-refractivity contribution in [3.05, 3.63) is 62.3 Å².